The highest BCUT2D eigenvalue weighted by atomic mass is 32.1. The fraction of sp³-hybridized carbons (Fsp3) is 0.400. The van der Waals surface area contributed by atoms with Gasteiger partial charge in [0.05, 0.1) is 26.3 Å². The number of alkyl halides is 3. The number of halogens is 3. The Hall–Kier alpha value is -3.57. The van der Waals surface area contributed by atoms with Gasteiger partial charge in [-0.05, 0) is 67.1 Å². The Labute approximate surface area is 242 Å². The number of carbonyl (C=O) groups is 2. The first kappa shape index (κ1) is 32.0. The third-order valence-corrected chi connectivity index (χ3v) is 7.23. The van der Waals surface area contributed by atoms with Gasteiger partial charge in [-0.25, -0.2) is 0 Å². The lowest BCUT2D eigenvalue weighted by atomic mass is 10.1. The molecular formula is C30H35F3N2O5S. The molecule has 2 amide bonds. The zero-order valence-corrected chi connectivity index (χ0v) is 24.2. The van der Waals surface area contributed by atoms with Crippen molar-refractivity contribution in [1.29, 1.82) is 0 Å². The predicted octanol–water partition coefficient (Wildman–Crippen LogP) is 5.92. The van der Waals surface area contributed by atoms with Crippen LogP contribution in [0, 0.1) is 0 Å². The lowest BCUT2D eigenvalue weighted by Gasteiger charge is -2.28. The summed E-state index contributed by atoms with van der Waals surface area (Å²) in [6.45, 7) is 3.27. The van der Waals surface area contributed by atoms with E-state index in [1.54, 1.807) is 25.2 Å². The van der Waals surface area contributed by atoms with Gasteiger partial charge < -0.3 is 24.0 Å². The molecule has 0 bridgehead atoms. The van der Waals surface area contributed by atoms with Crippen molar-refractivity contribution in [2.45, 2.75) is 32.5 Å². The minimum absolute atomic E-state index is 0.126. The SMILES string of the molecule is CCOCCCN(CC(=O)N(CCc1ccc(OC)c(OC)c1)Cc1cccs1)C(=O)c1cccc(C(F)(F)F)c1. The Balaban J connectivity index is 1.81. The fourth-order valence-electron chi connectivity index (χ4n) is 4.21. The average Bonchev–Trinajstić information content (AvgIpc) is 3.49. The number of thiophene rings is 1. The summed E-state index contributed by atoms with van der Waals surface area (Å²) in [7, 11) is 3.11. The van der Waals surface area contributed by atoms with Gasteiger partial charge in [0.1, 0.15) is 6.54 Å². The fourth-order valence-corrected chi connectivity index (χ4v) is 4.93. The molecule has 0 saturated heterocycles. The standard InChI is InChI=1S/C30H35F3N2O5S/c1-4-40-16-7-14-35(29(37)23-8-5-9-24(19-23)30(31,32)33)21-28(36)34(20-25-10-6-17-41-25)15-13-22-11-12-26(38-2)27(18-22)39-3/h5-6,8-12,17-19H,4,7,13-16,20-21H2,1-3H3. The molecule has 3 rings (SSSR count). The average molecular weight is 593 g/mol. The summed E-state index contributed by atoms with van der Waals surface area (Å²) in [6.07, 6.45) is -3.64. The highest BCUT2D eigenvalue weighted by molar-refractivity contribution is 7.09. The first-order chi connectivity index (χ1) is 19.7. The van der Waals surface area contributed by atoms with E-state index in [-0.39, 0.29) is 24.6 Å². The Kier molecular flexibility index (Phi) is 12.0. The molecule has 0 fully saturated rings. The van der Waals surface area contributed by atoms with Crippen LogP contribution in [0.15, 0.2) is 60.0 Å². The molecule has 0 saturated carbocycles. The zero-order chi connectivity index (χ0) is 29.8. The molecule has 222 valence electrons. The van der Waals surface area contributed by atoms with Gasteiger partial charge in [-0.1, -0.05) is 18.2 Å². The minimum Gasteiger partial charge on any atom is -0.493 e. The van der Waals surface area contributed by atoms with Gasteiger partial charge in [-0.15, -0.1) is 11.3 Å². The van der Waals surface area contributed by atoms with Gasteiger partial charge in [0.15, 0.2) is 11.5 Å². The molecule has 11 heteroatoms. The van der Waals surface area contributed by atoms with Crippen molar-refractivity contribution < 1.29 is 37.0 Å². The van der Waals surface area contributed by atoms with Crippen molar-refractivity contribution >= 4 is 23.2 Å². The van der Waals surface area contributed by atoms with Crippen molar-refractivity contribution in [3.63, 3.8) is 0 Å². The number of methoxy groups -OCH3 is 2. The van der Waals surface area contributed by atoms with E-state index in [0.29, 0.717) is 50.6 Å². The van der Waals surface area contributed by atoms with Crippen molar-refractivity contribution in [3.8, 4) is 11.5 Å². The second-order valence-corrected chi connectivity index (χ2v) is 10.2. The number of rotatable bonds is 15. The Morgan fingerprint density at radius 1 is 0.927 bits per heavy atom. The molecule has 1 heterocycles. The van der Waals surface area contributed by atoms with Crippen LogP contribution in [0.4, 0.5) is 13.2 Å². The maximum atomic E-state index is 13.7. The van der Waals surface area contributed by atoms with Crippen LogP contribution in [0.1, 0.15) is 39.7 Å². The minimum atomic E-state index is -4.59. The van der Waals surface area contributed by atoms with Gasteiger partial charge in [0.2, 0.25) is 5.91 Å². The second kappa shape index (κ2) is 15.4. The summed E-state index contributed by atoms with van der Waals surface area (Å²) in [5.41, 5.74) is -0.113. The third kappa shape index (κ3) is 9.50. The topological polar surface area (TPSA) is 68.3 Å². The predicted molar refractivity (Wildman–Crippen MR) is 151 cm³/mol. The molecule has 41 heavy (non-hydrogen) atoms. The molecule has 0 atom stereocenters. The van der Waals surface area contributed by atoms with Gasteiger partial charge in [-0.3, -0.25) is 9.59 Å². The molecule has 3 aromatic rings. The molecule has 1 aromatic heterocycles. The lowest BCUT2D eigenvalue weighted by molar-refractivity contribution is -0.137. The van der Waals surface area contributed by atoms with E-state index < -0.39 is 17.6 Å². The van der Waals surface area contributed by atoms with Crippen LogP contribution in [0.5, 0.6) is 11.5 Å². The number of carbonyl (C=O) groups excluding carboxylic acids is 2. The van der Waals surface area contributed by atoms with Gasteiger partial charge in [-0.2, -0.15) is 13.2 Å². The van der Waals surface area contributed by atoms with Crippen LogP contribution in [0.25, 0.3) is 0 Å². The maximum absolute atomic E-state index is 13.7. The van der Waals surface area contributed by atoms with Gasteiger partial charge >= 0.3 is 6.18 Å². The highest BCUT2D eigenvalue weighted by Crippen LogP contribution is 2.30. The number of benzene rings is 2. The normalized spacial score (nSPS) is 11.3. The molecule has 0 N–H and O–H groups in total. The number of amides is 2. The van der Waals surface area contributed by atoms with Crippen molar-refractivity contribution in [2.24, 2.45) is 0 Å². The van der Waals surface area contributed by atoms with Crippen LogP contribution < -0.4 is 9.47 Å². The van der Waals surface area contributed by atoms with E-state index in [2.05, 4.69) is 0 Å². The maximum Gasteiger partial charge on any atom is 0.416 e. The molecular weight excluding hydrogens is 557 g/mol. The summed E-state index contributed by atoms with van der Waals surface area (Å²) < 4.78 is 56.0. The van der Waals surface area contributed by atoms with Crippen LogP contribution in [-0.2, 0) is 28.7 Å². The molecule has 0 aliphatic heterocycles. The molecule has 0 unspecified atom stereocenters. The number of ether oxygens (including phenoxy) is 3. The van der Waals surface area contributed by atoms with E-state index >= 15 is 0 Å². The second-order valence-electron chi connectivity index (χ2n) is 9.19. The van der Waals surface area contributed by atoms with E-state index in [9.17, 15) is 22.8 Å². The Morgan fingerprint density at radius 3 is 2.37 bits per heavy atom. The summed E-state index contributed by atoms with van der Waals surface area (Å²) in [4.78, 5) is 31.0. The zero-order valence-electron chi connectivity index (χ0n) is 23.4. The number of hydrogen-bond acceptors (Lipinski definition) is 6. The molecule has 0 radical (unpaired) electrons. The summed E-state index contributed by atoms with van der Waals surface area (Å²) in [6, 6.07) is 13.6. The van der Waals surface area contributed by atoms with Crippen LogP contribution in [0.2, 0.25) is 0 Å². The Morgan fingerprint density at radius 2 is 1.71 bits per heavy atom. The summed E-state index contributed by atoms with van der Waals surface area (Å²) in [5, 5.41) is 1.92. The van der Waals surface area contributed by atoms with Crippen molar-refractivity contribution in [2.75, 3.05) is 47.1 Å². The third-order valence-electron chi connectivity index (χ3n) is 6.37. The molecule has 2 aromatic carbocycles. The van der Waals surface area contributed by atoms with Crippen molar-refractivity contribution in [1.82, 2.24) is 9.80 Å². The van der Waals surface area contributed by atoms with Gasteiger partial charge in [0.25, 0.3) is 5.91 Å². The smallest absolute Gasteiger partial charge is 0.416 e. The largest absolute Gasteiger partial charge is 0.493 e. The summed E-state index contributed by atoms with van der Waals surface area (Å²) >= 11 is 1.51. The number of hydrogen-bond donors (Lipinski definition) is 0. The Bertz CT molecular complexity index is 1270. The lowest BCUT2D eigenvalue weighted by Crippen LogP contribution is -2.44. The van der Waals surface area contributed by atoms with Crippen LogP contribution >= 0.6 is 11.3 Å². The quantitative estimate of drug-likeness (QED) is 0.205. The van der Waals surface area contributed by atoms with E-state index in [1.807, 2.05) is 36.6 Å². The van der Waals surface area contributed by atoms with E-state index in [1.165, 1.54) is 28.4 Å². The van der Waals surface area contributed by atoms with E-state index in [0.717, 1.165) is 22.6 Å². The first-order valence-electron chi connectivity index (χ1n) is 13.2. The van der Waals surface area contributed by atoms with Crippen LogP contribution in [0.3, 0.4) is 0 Å². The summed E-state index contributed by atoms with van der Waals surface area (Å²) in [5.74, 6) is 0.222. The molecule has 0 spiro atoms. The monoisotopic (exact) mass is 592 g/mol. The van der Waals surface area contributed by atoms with Crippen molar-refractivity contribution in [3.05, 3.63) is 81.5 Å². The first-order valence-corrected chi connectivity index (χ1v) is 14.1. The highest BCUT2D eigenvalue weighted by Gasteiger charge is 2.31. The number of nitrogens with zero attached hydrogens (tertiary/aromatic N) is 2. The van der Waals surface area contributed by atoms with Crippen LogP contribution in [-0.4, -0.2) is 68.7 Å². The van der Waals surface area contributed by atoms with Gasteiger partial charge in [0, 0.05) is 36.7 Å². The molecule has 7 nitrogen and oxygen atoms in total. The molecule has 0 aliphatic carbocycles. The van der Waals surface area contributed by atoms with E-state index in [4.69, 9.17) is 14.2 Å². The molecule has 0 aliphatic rings.